The van der Waals surface area contributed by atoms with Crippen molar-refractivity contribution in [2.24, 2.45) is 11.1 Å². The van der Waals surface area contributed by atoms with Gasteiger partial charge in [-0.1, -0.05) is 27.7 Å². The van der Waals surface area contributed by atoms with Gasteiger partial charge in [-0.05, 0) is 18.8 Å². The molecule has 1 nitrogen and oxygen atoms in total. The lowest BCUT2D eigenvalue weighted by Gasteiger charge is -2.37. The molecule has 0 aromatic carbocycles. The molecule has 0 aliphatic heterocycles. The molecule has 0 bridgehead atoms. The van der Waals surface area contributed by atoms with Gasteiger partial charge < -0.3 is 5.73 Å². The highest BCUT2D eigenvalue weighted by Gasteiger charge is 2.30. The zero-order valence-electron chi connectivity index (χ0n) is 7.28. The Labute approximate surface area is 58.6 Å². The quantitative estimate of drug-likeness (QED) is 0.577. The second-order valence-corrected chi connectivity index (χ2v) is 4.02. The van der Waals surface area contributed by atoms with Crippen molar-refractivity contribution in [1.29, 1.82) is 0 Å². The van der Waals surface area contributed by atoms with Crippen molar-refractivity contribution in [3.8, 4) is 0 Å². The SMILES string of the molecule is CCC(C)(N)C(C)(C)C. The molecule has 1 atom stereocenters. The minimum Gasteiger partial charge on any atom is -0.325 e. The summed E-state index contributed by atoms with van der Waals surface area (Å²) in [6.45, 7) is 10.8. The highest BCUT2D eigenvalue weighted by Crippen LogP contribution is 2.29. The molecule has 0 aromatic heterocycles. The van der Waals surface area contributed by atoms with Gasteiger partial charge in [0.1, 0.15) is 0 Å². The molecule has 0 amide bonds. The minimum absolute atomic E-state index is 0.0208. The van der Waals surface area contributed by atoms with Crippen molar-refractivity contribution < 1.29 is 0 Å². The van der Waals surface area contributed by atoms with Crippen LogP contribution in [-0.4, -0.2) is 5.54 Å². The molecule has 0 aromatic rings. The average molecular weight is 129 g/mol. The highest BCUT2D eigenvalue weighted by molar-refractivity contribution is 4.89. The van der Waals surface area contributed by atoms with E-state index in [1.807, 2.05) is 0 Å². The molecule has 0 aliphatic rings. The van der Waals surface area contributed by atoms with Crippen LogP contribution in [0.4, 0.5) is 0 Å². The fraction of sp³-hybridized carbons (Fsp3) is 1.00. The van der Waals surface area contributed by atoms with Crippen LogP contribution < -0.4 is 5.73 Å². The first-order valence-electron chi connectivity index (χ1n) is 3.60. The van der Waals surface area contributed by atoms with E-state index in [2.05, 4.69) is 34.6 Å². The van der Waals surface area contributed by atoms with Gasteiger partial charge in [-0.3, -0.25) is 0 Å². The lowest BCUT2D eigenvalue weighted by atomic mass is 9.74. The van der Waals surface area contributed by atoms with Gasteiger partial charge in [0.15, 0.2) is 0 Å². The first kappa shape index (κ1) is 8.96. The van der Waals surface area contributed by atoms with Crippen LogP contribution in [0.3, 0.4) is 0 Å². The largest absolute Gasteiger partial charge is 0.325 e. The smallest absolute Gasteiger partial charge is 0.0172 e. The van der Waals surface area contributed by atoms with E-state index in [0.717, 1.165) is 6.42 Å². The van der Waals surface area contributed by atoms with Crippen molar-refractivity contribution in [2.45, 2.75) is 46.6 Å². The van der Waals surface area contributed by atoms with E-state index in [4.69, 9.17) is 5.73 Å². The maximum absolute atomic E-state index is 5.99. The topological polar surface area (TPSA) is 26.0 Å². The number of rotatable bonds is 1. The zero-order chi connectivity index (χ0) is 7.71. The van der Waals surface area contributed by atoms with Gasteiger partial charge in [-0.15, -0.1) is 0 Å². The van der Waals surface area contributed by atoms with E-state index in [-0.39, 0.29) is 11.0 Å². The monoisotopic (exact) mass is 129 g/mol. The second-order valence-electron chi connectivity index (χ2n) is 4.02. The Hall–Kier alpha value is -0.0400. The molecule has 56 valence electrons. The summed E-state index contributed by atoms with van der Waals surface area (Å²) >= 11 is 0. The second kappa shape index (κ2) is 2.30. The Balaban J connectivity index is 4.14. The predicted molar refractivity (Wildman–Crippen MR) is 42.3 cm³/mol. The lowest BCUT2D eigenvalue weighted by Crippen LogP contribution is -2.47. The molecule has 0 rings (SSSR count). The molecular weight excluding hydrogens is 110 g/mol. The Morgan fingerprint density at radius 2 is 1.44 bits per heavy atom. The van der Waals surface area contributed by atoms with E-state index in [9.17, 15) is 0 Å². The van der Waals surface area contributed by atoms with Crippen LogP contribution >= 0.6 is 0 Å². The van der Waals surface area contributed by atoms with Crippen molar-refractivity contribution >= 4 is 0 Å². The molecule has 2 N–H and O–H groups in total. The van der Waals surface area contributed by atoms with Crippen molar-refractivity contribution in [3.05, 3.63) is 0 Å². The molecule has 0 spiro atoms. The van der Waals surface area contributed by atoms with Crippen LogP contribution in [0.5, 0.6) is 0 Å². The average Bonchev–Trinajstić information content (AvgIpc) is 1.64. The molecule has 1 heteroatoms. The summed E-state index contributed by atoms with van der Waals surface area (Å²) in [5.74, 6) is 0. The third kappa shape index (κ3) is 1.98. The van der Waals surface area contributed by atoms with Gasteiger partial charge in [0.25, 0.3) is 0 Å². The van der Waals surface area contributed by atoms with Crippen LogP contribution in [0.15, 0.2) is 0 Å². The molecule has 1 unspecified atom stereocenters. The van der Waals surface area contributed by atoms with Gasteiger partial charge in [0.05, 0.1) is 0 Å². The van der Waals surface area contributed by atoms with Crippen molar-refractivity contribution in [1.82, 2.24) is 0 Å². The Kier molecular flexibility index (Phi) is 2.29. The van der Waals surface area contributed by atoms with Gasteiger partial charge >= 0.3 is 0 Å². The van der Waals surface area contributed by atoms with Crippen LogP contribution in [0.1, 0.15) is 41.0 Å². The first-order chi connectivity index (χ1) is 3.81. The minimum atomic E-state index is -0.0208. The maximum atomic E-state index is 5.99. The predicted octanol–water partition coefficient (Wildman–Crippen LogP) is 2.16. The lowest BCUT2D eigenvalue weighted by molar-refractivity contribution is 0.202. The Morgan fingerprint density at radius 1 is 1.11 bits per heavy atom. The third-order valence-corrected chi connectivity index (χ3v) is 2.45. The summed E-state index contributed by atoms with van der Waals surface area (Å²) in [5.41, 5.74) is 6.20. The summed E-state index contributed by atoms with van der Waals surface area (Å²) in [4.78, 5) is 0. The normalized spacial score (nSPS) is 19.3. The van der Waals surface area contributed by atoms with Crippen LogP contribution in [0.2, 0.25) is 0 Å². The van der Waals surface area contributed by atoms with E-state index >= 15 is 0 Å². The van der Waals surface area contributed by atoms with Gasteiger partial charge in [-0.25, -0.2) is 0 Å². The molecule has 9 heavy (non-hydrogen) atoms. The summed E-state index contributed by atoms with van der Waals surface area (Å²) in [5, 5.41) is 0. The number of nitrogens with two attached hydrogens (primary N) is 1. The standard InChI is InChI=1S/C8H19N/c1-6-8(5,9)7(2,3)4/h6,9H2,1-5H3. The van der Waals surface area contributed by atoms with Crippen molar-refractivity contribution in [2.75, 3.05) is 0 Å². The Bertz CT molecular complexity index is 87.2. The molecule has 0 radical (unpaired) electrons. The van der Waals surface area contributed by atoms with Gasteiger partial charge in [0.2, 0.25) is 0 Å². The molecule has 0 heterocycles. The van der Waals surface area contributed by atoms with Gasteiger partial charge in [-0.2, -0.15) is 0 Å². The summed E-state index contributed by atoms with van der Waals surface area (Å²) in [7, 11) is 0. The summed E-state index contributed by atoms with van der Waals surface area (Å²) in [6.07, 6.45) is 1.04. The zero-order valence-corrected chi connectivity index (χ0v) is 7.28. The van der Waals surface area contributed by atoms with Crippen LogP contribution in [0, 0.1) is 5.41 Å². The first-order valence-corrected chi connectivity index (χ1v) is 3.60. The molecule has 0 fully saturated rings. The molecule has 0 aliphatic carbocycles. The van der Waals surface area contributed by atoms with E-state index in [1.54, 1.807) is 0 Å². The number of hydrogen-bond acceptors (Lipinski definition) is 1. The van der Waals surface area contributed by atoms with Crippen molar-refractivity contribution in [3.63, 3.8) is 0 Å². The molecule has 0 saturated carbocycles. The number of hydrogen-bond donors (Lipinski definition) is 1. The summed E-state index contributed by atoms with van der Waals surface area (Å²) in [6, 6.07) is 0. The van der Waals surface area contributed by atoms with E-state index < -0.39 is 0 Å². The highest BCUT2D eigenvalue weighted by atomic mass is 14.8. The fourth-order valence-corrected chi connectivity index (χ4v) is 0.530. The van der Waals surface area contributed by atoms with Gasteiger partial charge in [0, 0.05) is 5.54 Å². The van der Waals surface area contributed by atoms with Crippen LogP contribution in [-0.2, 0) is 0 Å². The molecule has 0 saturated heterocycles. The Morgan fingerprint density at radius 3 is 1.44 bits per heavy atom. The third-order valence-electron chi connectivity index (χ3n) is 2.45. The molecular formula is C8H19N. The fourth-order valence-electron chi connectivity index (χ4n) is 0.530. The van der Waals surface area contributed by atoms with Crippen LogP contribution in [0.25, 0.3) is 0 Å². The van der Waals surface area contributed by atoms with E-state index in [1.165, 1.54) is 0 Å². The summed E-state index contributed by atoms with van der Waals surface area (Å²) < 4.78 is 0. The maximum Gasteiger partial charge on any atom is 0.0172 e. The van der Waals surface area contributed by atoms with E-state index in [0.29, 0.717) is 0 Å².